The van der Waals surface area contributed by atoms with Gasteiger partial charge in [0.1, 0.15) is 9.84 Å². The van der Waals surface area contributed by atoms with Crippen molar-refractivity contribution in [3.63, 3.8) is 0 Å². The Labute approximate surface area is 154 Å². The van der Waals surface area contributed by atoms with Gasteiger partial charge in [0.05, 0.1) is 17.3 Å². The van der Waals surface area contributed by atoms with E-state index in [2.05, 4.69) is 10.3 Å². The summed E-state index contributed by atoms with van der Waals surface area (Å²) in [7, 11) is 2.66. The van der Waals surface area contributed by atoms with Crippen LogP contribution in [0.2, 0.25) is 5.02 Å². The Bertz CT molecular complexity index is 601. The summed E-state index contributed by atoms with van der Waals surface area (Å²) in [4.78, 5) is 6.16. The first kappa shape index (κ1) is 21.5. The molecule has 0 saturated carbocycles. The average Bonchev–Trinajstić information content (AvgIpc) is 2.66. The van der Waals surface area contributed by atoms with Crippen LogP contribution in [0.4, 0.5) is 0 Å². The first-order valence-electron chi connectivity index (χ1n) is 6.63. The Hall–Kier alpha value is -0.480. The van der Waals surface area contributed by atoms with E-state index in [1.807, 2.05) is 35.8 Å². The summed E-state index contributed by atoms with van der Waals surface area (Å²) >= 11 is 5.97. The first-order chi connectivity index (χ1) is 9.73. The molecule has 1 aromatic heterocycles. The maximum absolute atomic E-state index is 11.1. The predicted molar refractivity (Wildman–Crippen MR) is 103 cm³/mol. The monoisotopic (exact) mass is 462 g/mol. The molecule has 0 aliphatic heterocycles. The molecule has 0 radical (unpaired) electrons. The van der Waals surface area contributed by atoms with Gasteiger partial charge in [0.2, 0.25) is 0 Å². The molecule has 0 atom stereocenters. The zero-order valence-corrected chi connectivity index (χ0v) is 17.2. The molecule has 0 saturated heterocycles. The van der Waals surface area contributed by atoms with Gasteiger partial charge in [-0.05, 0) is 12.5 Å². The van der Waals surface area contributed by atoms with Gasteiger partial charge in [-0.1, -0.05) is 11.6 Å². The maximum atomic E-state index is 11.1. The van der Waals surface area contributed by atoms with Gasteiger partial charge >= 0.3 is 0 Å². The van der Waals surface area contributed by atoms with E-state index in [0.717, 1.165) is 11.7 Å². The standard InChI is InChI=1S/C13H23ClN4O2S.HI/c1-15-13(16-6-5-7-21(4,19)20)18(3)10-12-8-11(14)9-17(12)2;/h8-9H,5-7,10H2,1-4H3,(H,15,16);1H. The maximum Gasteiger partial charge on any atom is 0.193 e. The van der Waals surface area contributed by atoms with Crippen LogP contribution in [0.15, 0.2) is 17.3 Å². The van der Waals surface area contributed by atoms with Crippen molar-refractivity contribution in [3.8, 4) is 0 Å². The van der Waals surface area contributed by atoms with Crippen LogP contribution in [0, 0.1) is 0 Å². The third-order valence-electron chi connectivity index (χ3n) is 3.02. The Balaban J connectivity index is 0.00000441. The molecule has 6 nitrogen and oxygen atoms in total. The number of halogens is 2. The van der Waals surface area contributed by atoms with Gasteiger partial charge < -0.3 is 14.8 Å². The van der Waals surface area contributed by atoms with Gasteiger partial charge in [0.25, 0.3) is 0 Å². The first-order valence-corrected chi connectivity index (χ1v) is 9.07. The Morgan fingerprint density at radius 3 is 2.59 bits per heavy atom. The van der Waals surface area contributed by atoms with Crippen LogP contribution in [0.5, 0.6) is 0 Å². The number of hydrogen-bond donors (Lipinski definition) is 1. The lowest BCUT2D eigenvalue weighted by Gasteiger charge is -2.22. The number of aliphatic imine (C=N–C) groups is 1. The SMILES string of the molecule is CN=C(NCCCS(C)(=O)=O)N(C)Cc1cc(Cl)cn1C.I. The topological polar surface area (TPSA) is 66.7 Å². The van der Waals surface area contributed by atoms with Crippen LogP contribution in [0.3, 0.4) is 0 Å². The molecule has 0 bridgehead atoms. The second-order valence-electron chi connectivity index (χ2n) is 5.07. The number of aromatic nitrogens is 1. The van der Waals surface area contributed by atoms with Gasteiger partial charge in [-0.3, -0.25) is 4.99 Å². The number of hydrogen-bond acceptors (Lipinski definition) is 3. The average molecular weight is 463 g/mol. The van der Waals surface area contributed by atoms with E-state index in [0.29, 0.717) is 24.5 Å². The third kappa shape index (κ3) is 7.68. The van der Waals surface area contributed by atoms with E-state index in [1.54, 1.807) is 7.05 Å². The summed E-state index contributed by atoms with van der Waals surface area (Å²) in [6.45, 7) is 1.23. The van der Waals surface area contributed by atoms with Gasteiger partial charge in [-0.2, -0.15) is 0 Å². The molecule has 1 N–H and O–H groups in total. The fourth-order valence-electron chi connectivity index (χ4n) is 1.96. The van der Waals surface area contributed by atoms with Crippen LogP contribution in [0.25, 0.3) is 0 Å². The zero-order valence-electron chi connectivity index (χ0n) is 13.3. The minimum absolute atomic E-state index is 0. The van der Waals surface area contributed by atoms with E-state index >= 15 is 0 Å². The Kier molecular flexibility index (Phi) is 9.40. The van der Waals surface area contributed by atoms with Gasteiger partial charge in [0, 0.05) is 45.8 Å². The number of nitrogens with one attached hydrogen (secondary N) is 1. The normalized spacial score (nSPS) is 12.0. The molecule has 0 aliphatic carbocycles. The Morgan fingerprint density at radius 2 is 2.14 bits per heavy atom. The van der Waals surface area contributed by atoms with Crippen LogP contribution >= 0.6 is 35.6 Å². The number of nitrogens with zero attached hydrogens (tertiary/aromatic N) is 3. The van der Waals surface area contributed by atoms with Crippen molar-refractivity contribution in [1.29, 1.82) is 0 Å². The number of aryl methyl sites for hydroxylation is 1. The lowest BCUT2D eigenvalue weighted by Crippen LogP contribution is -2.39. The summed E-state index contributed by atoms with van der Waals surface area (Å²) in [5.74, 6) is 0.898. The number of rotatable bonds is 6. The fraction of sp³-hybridized carbons (Fsp3) is 0.615. The molecule has 1 heterocycles. The lowest BCUT2D eigenvalue weighted by molar-refractivity contribution is 0.462. The molecular weight excluding hydrogens is 439 g/mol. The van der Waals surface area contributed by atoms with Crippen molar-refractivity contribution in [2.45, 2.75) is 13.0 Å². The second-order valence-corrected chi connectivity index (χ2v) is 7.77. The molecule has 0 spiro atoms. The predicted octanol–water partition coefficient (Wildman–Crippen LogP) is 1.74. The van der Waals surface area contributed by atoms with Crippen LogP contribution < -0.4 is 5.32 Å². The van der Waals surface area contributed by atoms with Crippen molar-refractivity contribution in [2.24, 2.45) is 12.0 Å². The molecule has 0 unspecified atom stereocenters. The van der Waals surface area contributed by atoms with Crippen molar-refractivity contribution in [2.75, 3.05) is 32.6 Å². The molecule has 9 heteroatoms. The van der Waals surface area contributed by atoms with Gasteiger partial charge in [0.15, 0.2) is 5.96 Å². The van der Waals surface area contributed by atoms with Gasteiger partial charge in [-0.25, -0.2) is 8.42 Å². The highest BCUT2D eigenvalue weighted by molar-refractivity contribution is 14.0. The molecule has 22 heavy (non-hydrogen) atoms. The van der Waals surface area contributed by atoms with Crippen molar-refractivity contribution < 1.29 is 8.42 Å². The Morgan fingerprint density at radius 1 is 1.50 bits per heavy atom. The van der Waals surface area contributed by atoms with Crippen molar-refractivity contribution >= 4 is 51.4 Å². The molecule has 0 fully saturated rings. The van der Waals surface area contributed by atoms with Crippen molar-refractivity contribution in [3.05, 3.63) is 23.0 Å². The van der Waals surface area contributed by atoms with Crippen LogP contribution in [-0.2, 0) is 23.4 Å². The number of guanidine groups is 1. The molecule has 0 aliphatic rings. The molecule has 1 rings (SSSR count). The summed E-state index contributed by atoms with van der Waals surface area (Å²) < 4.78 is 24.1. The minimum Gasteiger partial charge on any atom is -0.356 e. The summed E-state index contributed by atoms with van der Waals surface area (Å²) in [6, 6.07) is 1.91. The van der Waals surface area contributed by atoms with E-state index < -0.39 is 9.84 Å². The quantitative estimate of drug-likeness (QED) is 0.303. The van der Waals surface area contributed by atoms with E-state index in [9.17, 15) is 8.42 Å². The third-order valence-corrected chi connectivity index (χ3v) is 4.26. The van der Waals surface area contributed by atoms with E-state index in [-0.39, 0.29) is 29.7 Å². The molecule has 1 aromatic rings. The van der Waals surface area contributed by atoms with Crippen LogP contribution in [0.1, 0.15) is 12.1 Å². The zero-order chi connectivity index (χ0) is 16.0. The van der Waals surface area contributed by atoms with E-state index in [1.165, 1.54) is 6.26 Å². The van der Waals surface area contributed by atoms with Crippen LogP contribution in [-0.4, -0.2) is 56.5 Å². The molecule has 0 aromatic carbocycles. The van der Waals surface area contributed by atoms with E-state index in [4.69, 9.17) is 11.6 Å². The highest BCUT2D eigenvalue weighted by Crippen LogP contribution is 2.14. The highest BCUT2D eigenvalue weighted by Gasteiger charge is 2.10. The molecular formula is C13H24ClIN4O2S. The minimum atomic E-state index is -2.91. The second kappa shape index (κ2) is 9.61. The largest absolute Gasteiger partial charge is 0.356 e. The summed E-state index contributed by atoms with van der Waals surface area (Å²) in [5.41, 5.74) is 1.07. The fourth-order valence-corrected chi connectivity index (χ4v) is 2.90. The summed E-state index contributed by atoms with van der Waals surface area (Å²) in [5, 5.41) is 3.86. The van der Waals surface area contributed by atoms with Gasteiger partial charge in [-0.15, -0.1) is 24.0 Å². The smallest absolute Gasteiger partial charge is 0.193 e. The molecule has 128 valence electrons. The number of sulfone groups is 1. The lowest BCUT2D eigenvalue weighted by atomic mass is 10.4. The highest BCUT2D eigenvalue weighted by atomic mass is 127. The van der Waals surface area contributed by atoms with Crippen molar-refractivity contribution in [1.82, 2.24) is 14.8 Å². The summed E-state index contributed by atoms with van der Waals surface area (Å²) in [6.07, 6.45) is 3.65. The molecule has 0 amide bonds.